The molecule has 2 rings (SSSR count). The average Bonchev–Trinajstić information content (AvgIpc) is 2.92. The highest BCUT2D eigenvalue weighted by Gasteiger charge is 2.38. The van der Waals surface area contributed by atoms with Crippen LogP contribution in [0.25, 0.3) is 0 Å². The molecule has 22 heavy (non-hydrogen) atoms. The number of ether oxygens (including phenoxy) is 1. The highest BCUT2D eigenvalue weighted by Crippen LogP contribution is 2.29. The highest BCUT2D eigenvalue weighted by molar-refractivity contribution is 6.31. The molecule has 1 atom stereocenters. The van der Waals surface area contributed by atoms with Crippen LogP contribution in [0.15, 0.2) is 18.2 Å². The summed E-state index contributed by atoms with van der Waals surface area (Å²) in [5.41, 5.74) is 0.470. The van der Waals surface area contributed by atoms with Gasteiger partial charge in [-0.1, -0.05) is 17.7 Å². The largest absolute Gasteiger partial charge is 0.388 e. The molecule has 1 saturated heterocycles. The summed E-state index contributed by atoms with van der Waals surface area (Å²) >= 11 is 6.17. The summed E-state index contributed by atoms with van der Waals surface area (Å²) in [6.07, 6.45) is 1.69. The van der Waals surface area contributed by atoms with Crippen molar-refractivity contribution in [3.8, 4) is 0 Å². The Morgan fingerprint density at radius 2 is 2.27 bits per heavy atom. The van der Waals surface area contributed by atoms with Gasteiger partial charge in [0.25, 0.3) is 0 Å². The zero-order valence-corrected chi connectivity index (χ0v) is 14.0. The second-order valence-corrected chi connectivity index (χ2v) is 6.54. The number of nitrogens with zero attached hydrogens (tertiary/aromatic N) is 1. The Hall–Kier alpha value is -1.30. The van der Waals surface area contributed by atoms with Gasteiger partial charge in [-0.25, -0.2) is 4.79 Å². The van der Waals surface area contributed by atoms with Crippen LogP contribution < -0.4 is 5.32 Å². The third-order valence-corrected chi connectivity index (χ3v) is 4.33. The van der Waals surface area contributed by atoms with Gasteiger partial charge in [0.1, 0.15) is 0 Å². The number of carbonyl (C=O) groups excluding carboxylic acids is 1. The van der Waals surface area contributed by atoms with Gasteiger partial charge in [-0.05, 0) is 38.8 Å². The fraction of sp³-hybridized carbons (Fsp3) is 0.562. The van der Waals surface area contributed by atoms with Gasteiger partial charge in [0.2, 0.25) is 0 Å². The van der Waals surface area contributed by atoms with Crippen molar-refractivity contribution in [1.29, 1.82) is 0 Å². The molecule has 1 heterocycles. The van der Waals surface area contributed by atoms with E-state index in [2.05, 4.69) is 5.32 Å². The van der Waals surface area contributed by atoms with Gasteiger partial charge in [-0.3, -0.25) is 0 Å². The number of hydrogen-bond acceptors (Lipinski definition) is 3. The molecular weight excluding hydrogens is 304 g/mol. The first kappa shape index (κ1) is 17.1. The van der Waals surface area contributed by atoms with Crippen LogP contribution in [-0.4, -0.2) is 41.3 Å². The van der Waals surface area contributed by atoms with Crippen molar-refractivity contribution in [2.75, 3.05) is 19.0 Å². The Labute approximate surface area is 136 Å². The molecule has 0 saturated carbocycles. The second-order valence-electron chi connectivity index (χ2n) is 6.13. The number of carbonyl (C=O) groups is 1. The number of benzene rings is 1. The first-order valence-electron chi connectivity index (χ1n) is 7.41. The van der Waals surface area contributed by atoms with Crippen molar-refractivity contribution in [1.82, 2.24) is 4.90 Å². The van der Waals surface area contributed by atoms with Crippen LogP contribution in [0, 0.1) is 0 Å². The Bertz CT molecular complexity index is 543. The zero-order valence-electron chi connectivity index (χ0n) is 13.2. The molecule has 0 aromatic heterocycles. The van der Waals surface area contributed by atoms with E-state index in [1.807, 2.05) is 0 Å². The Kier molecular flexibility index (Phi) is 5.32. The van der Waals surface area contributed by atoms with E-state index < -0.39 is 5.60 Å². The zero-order chi connectivity index (χ0) is 16.3. The first-order valence-corrected chi connectivity index (χ1v) is 7.78. The summed E-state index contributed by atoms with van der Waals surface area (Å²) in [5.74, 6) is 0. The van der Waals surface area contributed by atoms with E-state index in [1.165, 1.54) is 0 Å². The van der Waals surface area contributed by atoms with Crippen LogP contribution in [0.2, 0.25) is 5.02 Å². The van der Waals surface area contributed by atoms with Gasteiger partial charge in [-0.2, -0.15) is 0 Å². The lowest BCUT2D eigenvalue weighted by Crippen LogP contribution is -2.49. The molecule has 0 unspecified atom stereocenters. The van der Waals surface area contributed by atoms with Crippen LogP contribution in [0.3, 0.4) is 0 Å². The van der Waals surface area contributed by atoms with Gasteiger partial charge >= 0.3 is 6.03 Å². The Balaban J connectivity index is 2.17. The molecule has 1 aliphatic heterocycles. The van der Waals surface area contributed by atoms with Crippen molar-refractivity contribution in [2.45, 2.75) is 44.9 Å². The summed E-state index contributed by atoms with van der Waals surface area (Å²) < 4.78 is 5.14. The van der Waals surface area contributed by atoms with Crippen LogP contribution in [0.4, 0.5) is 10.5 Å². The van der Waals surface area contributed by atoms with Crippen molar-refractivity contribution in [3.63, 3.8) is 0 Å². The van der Waals surface area contributed by atoms with Gasteiger partial charge in [0.15, 0.2) is 0 Å². The number of anilines is 1. The maximum Gasteiger partial charge on any atom is 0.322 e. The molecule has 1 fully saturated rings. The molecule has 0 spiro atoms. The highest BCUT2D eigenvalue weighted by atomic mass is 35.5. The number of halogens is 1. The van der Waals surface area contributed by atoms with Gasteiger partial charge in [-0.15, -0.1) is 0 Å². The number of methoxy groups -OCH3 is 1. The van der Waals surface area contributed by atoms with Crippen LogP contribution >= 0.6 is 11.6 Å². The normalized spacial score (nSPS) is 18.6. The Morgan fingerprint density at radius 3 is 2.91 bits per heavy atom. The molecular formula is C16H23ClN2O3. The summed E-state index contributed by atoms with van der Waals surface area (Å²) in [7, 11) is 1.58. The minimum Gasteiger partial charge on any atom is -0.388 e. The van der Waals surface area contributed by atoms with Crippen molar-refractivity contribution < 1.29 is 14.6 Å². The number of amides is 2. The van der Waals surface area contributed by atoms with Gasteiger partial charge in [0.05, 0.1) is 18.2 Å². The van der Waals surface area contributed by atoms with E-state index in [-0.39, 0.29) is 12.1 Å². The van der Waals surface area contributed by atoms with E-state index in [0.29, 0.717) is 23.9 Å². The molecule has 0 radical (unpaired) electrons. The molecule has 0 bridgehead atoms. The van der Waals surface area contributed by atoms with E-state index >= 15 is 0 Å². The number of rotatable bonds is 4. The predicted molar refractivity (Wildman–Crippen MR) is 87.2 cm³/mol. The lowest BCUT2D eigenvalue weighted by atomic mass is 9.97. The lowest BCUT2D eigenvalue weighted by Gasteiger charge is -2.34. The monoisotopic (exact) mass is 326 g/mol. The minimum atomic E-state index is -0.919. The van der Waals surface area contributed by atoms with Crippen molar-refractivity contribution in [3.05, 3.63) is 28.8 Å². The molecule has 5 nitrogen and oxygen atoms in total. The predicted octanol–water partition coefficient (Wildman–Crippen LogP) is 3.25. The third kappa shape index (κ3) is 3.72. The van der Waals surface area contributed by atoms with E-state index in [9.17, 15) is 9.90 Å². The van der Waals surface area contributed by atoms with E-state index in [0.717, 1.165) is 18.4 Å². The fourth-order valence-corrected chi connectivity index (χ4v) is 3.13. The molecule has 1 aromatic carbocycles. The maximum absolute atomic E-state index is 12.6. The Morgan fingerprint density at radius 1 is 1.55 bits per heavy atom. The number of likely N-dealkylation sites (tertiary alicyclic amines) is 1. The summed E-state index contributed by atoms with van der Waals surface area (Å²) in [6.45, 7) is 4.43. The fourth-order valence-electron chi connectivity index (χ4n) is 2.90. The molecule has 122 valence electrons. The number of nitrogens with one attached hydrogen (secondary N) is 1. The van der Waals surface area contributed by atoms with E-state index in [4.69, 9.17) is 16.3 Å². The van der Waals surface area contributed by atoms with Crippen molar-refractivity contribution in [2.24, 2.45) is 0 Å². The third-order valence-electron chi connectivity index (χ3n) is 3.98. The molecule has 1 aliphatic rings. The van der Waals surface area contributed by atoms with Crippen LogP contribution in [-0.2, 0) is 11.3 Å². The molecule has 1 aromatic rings. The average molecular weight is 327 g/mol. The van der Waals surface area contributed by atoms with Crippen molar-refractivity contribution >= 4 is 23.3 Å². The topological polar surface area (TPSA) is 61.8 Å². The maximum atomic E-state index is 12.6. The summed E-state index contributed by atoms with van der Waals surface area (Å²) in [4.78, 5) is 14.3. The number of aliphatic hydroxyl groups is 1. The van der Waals surface area contributed by atoms with Gasteiger partial charge in [0, 0.05) is 29.9 Å². The second kappa shape index (κ2) is 6.86. The quantitative estimate of drug-likeness (QED) is 0.892. The number of urea groups is 1. The molecule has 6 heteroatoms. The summed E-state index contributed by atoms with van der Waals surface area (Å²) in [6, 6.07) is 4.95. The molecule has 2 N–H and O–H groups in total. The van der Waals surface area contributed by atoms with E-state index in [1.54, 1.807) is 44.1 Å². The summed E-state index contributed by atoms with van der Waals surface area (Å²) in [5, 5.41) is 13.7. The van der Waals surface area contributed by atoms with Gasteiger partial charge < -0.3 is 20.1 Å². The van der Waals surface area contributed by atoms with Crippen LogP contribution in [0.1, 0.15) is 32.3 Å². The minimum absolute atomic E-state index is 0.183. The lowest BCUT2D eigenvalue weighted by molar-refractivity contribution is 0.0117. The molecule has 0 aliphatic carbocycles. The SMILES string of the molecule is COCc1c(Cl)cccc1NC(=O)N1CCC[C@@H]1C(C)(C)O. The smallest absolute Gasteiger partial charge is 0.322 e. The standard InChI is InChI=1S/C16H23ClN2O3/c1-16(2,21)14-8-5-9-19(14)15(20)18-13-7-4-6-12(17)11(13)10-22-3/h4,6-7,14,21H,5,8-10H2,1-3H3,(H,18,20)/t14-/m1/s1. The first-order chi connectivity index (χ1) is 10.3. The van der Waals surface area contributed by atoms with Crippen LogP contribution in [0.5, 0.6) is 0 Å². The number of hydrogen-bond donors (Lipinski definition) is 2. The molecule has 2 amide bonds.